The van der Waals surface area contributed by atoms with Crippen LogP contribution in [0.5, 0.6) is 0 Å². The van der Waals surface area contributed by atoms with Crippen LogP contribution in [0.25, 0.3) is 0 Å². The summed E-state index contributed by atoms with van der Waals surface area (Å²) in [5.74, 6) is 1.65. The number of rotatable bonds is 3. The molecule has 0 saturated heterocycles. The fourth-order valence-corrected chi connectivity index (χ4v) is 1.59. The number of aromatic nitrogens is 5. The second kappa shape index (κ2) is 4.40. The van der Waals surface area contributed by atoms with E-state index in [1.165, 1.54) is 0 Å². The summed E-state index contributed by atoms with van der Waals surface area (Å²) < 4.78 is 6.93. The second-order valence-corrected chi connectivity index (χ2v) is 5.20. The zero-order chi connectivity index (χ0) is 13.3. The molecule has 0 aliphatic heterocycles. The van der Waals surface area contributed by atoms with Crippen LogP contribution < -0.4 is 5.73 Å². The molecule has 0 aliphatic rings. The second-order valence-electron chi connectivity index (χ2n) is 5.20. The highest BCUT2D eigenvalue weighted by atomic mass is 16.5. The van der Waals surface area contributed by atoms with Crippen molar-refractivity contribution in [3.05, 3.63) is 17.4 Å². The van der Waals surface area contributed by atoms with Crippen LogP contribution in [-0.2, 0) is 18.4 Å². The van der Waals surface area contributed by atoms with Crippen molar-refractivity contribution in [3.63, 3.8) is 0 Å². The van der Waals surface area contributed by atoms with Gasteiger partial charge in [-0.05, 0) is 6.42 Å². The van der Waals surface area contributed by atoms with Gasteiger partial charge >= 0.3 is 0 Å². The van der Waals surface area contributed by atoms with Crippen molar-refractivity contribution in [2.24, 2.45) is 0 Å². The summed E-state index contributed by atoms with van der Waals surface area (Å²) in [4.78, 5) is 4.35. The van der Waals surface area contributed by atoms with Gasteiger partial charge in [0.05, 0.1) is 5.69 Å². The molecular formula is C11H18N6O. The highest BCUT2D eigenvalue weighted by molar-refractivity contribution is 5.32. The summed E-state index contributed by atoms with van der Waals surface area (Å²) in [5, 5.41) is 11.8. The molecule has 0 radical (unpaired) electrons. The minimum Gasteiger partial charge on any atom is -0.381 e. The van der Waals surface area contributed by atoms with Gasteiger partial charge in [0.2, 0.25) is 5.89 Å². The lowest BCUT2D eigenvalue weighted by atomic mass is 9.97. The quantitative estimate of drug-likeness (QED) is 0.877. The summed E-state index contributed by atoms with van der Waals surface area (Å²) in [6.07, 6.45) is 0.767. The van der Waals surface area contributed by atoms with Gasteiger partial charge in [0.15, 0.2) is 11.6 Å². The van der Waals surface area contributed by atoms with Gasteiger partial charge in [0, 0.05) is 5.41 Å². The molecule has 7 heteroatoms. The van der Waals surface area contributed by atoms with Gasteiger partial charge in [-0.15, -0.1) is 5.10 Å². The standard InChI is InChI=1S/C11H18N6O/c1-5-7-9(12)14-16-17(7)6-8-13-10(18-15-8)11(2,3)4/h5-6,12H2,1-4H3. The third-order valence-corrected chi connectivity index (χ3v) is 2.60. The van der Waals surface area contributed by atoms with Crippen molar-refractivity contribution in [2.45, 2.75) is 46.1 Å². The van der Waals surface area contributed by atoms with E-state index in [0.717, 1.165) is 12.1 Å². The molecule has 18 heavy (non-hydrogen) atoms. The summed E-state index contributed by atoms with van der Waals surface area (Å²) in [6.45, 7) is 8.50. The number of nitrogens with zero attached hydrogens (tertiary/aromatic N) is 5. The molecule has 0 amide bonds. The van der Waals surface area contributed by atoms with Crippen LogP contribution in [0.3, 0.4) is 0 Å². The smallest absolute Gasteiger partial charge is 0.232 e. The number of nitrogens with two attached hydrogens (primary N) is 1. The van der Waals surface area contributed by atoms with E-state index in [-0.39, 0.29) is 5.41 Å². The first-order chi connectivity index (χ1) is 8.41. The largest absolute Gasteiger partial charge is 0.381 e. The van der Waals surface area contributed by atoms with Crippen LogP contribution >= 0.6 is 0 Å². The summed E-state index contributed by atoms with van der Waals surface area (Å²) in [5.41, 5.74) is 6.45. The van der Waals surface area contributed by atoms with Crippen molar-refractivity contribution in [1.82, 2.24) is 25.1 Å². The van der Waals surface area contributed by atoms with E-state index in [1.54, 1.807) is 4.68 Å². The molecule has 0 bridgehead atoms. The number of nitrogen functional groups attached to an aromatic ring is 1. The lowest BCUT2D eigenvalue weighted by Gasteiger charge is -2.10. The molecule has 2 aromatic heterocycles. The van der Waals surface area contributed by atoms with Crippen LogP contribution in [0.2, 0.25) is 0 Å². The first-order valence-corrected chi connectivity index (χ1v) is 5.92. The van der Waals surface area contributed by atoms with Gasteiger partial charge in [-0.1, -0.05) is 38.1 Å². The van der Waals surface area contributed by atoms with Crippen molar-refractivity contribution in [1.29, 1.82) is 0 Å². The van der Waals surface area contributed by atoms with Gasteiger partial charge in [0.25, 0.3) is 0 Å². The summed E-state index contributed by atoms with van der Waals surface area (Å²) in [7, 11) is 0. The van der Waals surface area contributed by atoms with E-state index in [1.807, 2.05) is 27.7 Å². The van der Waals surface area contributed by atoms with Crippen molar-refractivity contribution < 1.29 is 4.52 Å². The Balaban J connectivity index is 2.21. The average molecular weight is 250 g/mol. The van der Waals surface area contributed by atoms with Gasteiger partial charge in [-0.2, -0.15) is 4.98 Å². The number of anilines is 1. The molecule has 0 spiro atoms. The maximum atomic E-state index is 5.72. The summed E-state index contributed by atoms with van der Waals surface area (Å²) in [6, 6.07) is 0. The molecule has 0 unspecified atom stereocenters. The monoisotopic (exact) mass is 250 g/mol. The predicted octanol–water partition coefficient (Wildman–Crippen LogP) is 1.15. The van der Waals surface area contributed by atoms with Crippen LogP contribution in [0, 0.1) is 0 Å². The lowest BCUT2D eigenvalue weighted by molar-refractivity contribution is 0.317. The first-order valence-electron chi connectivity index (χ1n) is 5.92. The Bertz CT molecular complexity index is 536. The molecular weight excluding hydrogens is 232 g/mol. The van der Waals surface area contributed by atoms with Gasteiger partial charge < -0.3 is 10.3 Å². The lowest BCUT2D eigenvalue weighted by Crippen LogP contribution is -2.12. The minimum atomic E-state index is -0.153. The molecule has 2 heterocycles. The van der Waals surface area contributed by atoms with E-state index in [4.69, 9.17) is 10.3 Å². The van der Waals surface area contributed by atoms with Crippen LogP contribution in [-0.4, -0.2) is 25.1 Å². The molecule has 2 aromatic rings. The highest BCUT2D eigenvalue weighted by Crippen LogP contribution is 2.20. The molecule has 0 saturated carbocycles. The Labute approximate surface area is 105 Å². The number of hydrogen-bond acceptors (Lipinski definition) is 6. The zero-order valence-corrected chi connectivity index (χ0v) is 11.1. The Hall–Kier alpha value is -1.92. The van der Waals surface area contributed by atoms with Crippen molar-refractivity contribution in [2.75, 3.05) is 5.73 Å². The molecule has 2 N–H and O–H groups in total. The number of hydrogen-bond donors (Lipinski definition) is 1. The van der Waals surface area contributed by atoms with Crippen LogP contribution in [0.1, 0.15) is 45.1 Å². The zero-order valence-electron chi connectivity index (χ0n) is 11.1. The van der Waals surface area contributed by atoms with Gasteiger partial charge in [-0.25, -0.2) is 4.68 Å². The molecule has 2 rings (SSSR count). The maximum Gasteiger partial charge on any atom is 0.232 e. The Morgan fingerprint density at radius 3 is 2.61 bits per heavy atom. The maximum absolute atomic E-state index is 5.72. The van der Waals surface area contributed by atoms with E-state index >= 15 is 0 Å². The third-order valence-electron chi connectivity index (χ3n) is 2.60. The van der Waals surface area contributed by atoms with E-state index in [2.05, 4.69) is 20.5 Å². The normalized spacial score (nSPS) is 12.0. The average Bonchev–Trinajstić information content (AvgIpc) is 2.86. The van der Waals surface area contributed by atoms with E-state index < -0.39 is 0 Å². The predicted molar refractivity (Wildman–Crippen MR) is 65.9 cm³/mol. The van der Waals surface area contributed by atoms with Gasteiger partial charge in [-0.3, -0.25) is 0 Å². The molecule has 7 nitrogen and oxygen atoms in total. The van der Waals surface area contributed by atoms with Crippen LogP contribution in [0.15, 0.2) is 4.52 Å². The molecule has 0 aromatic carbocycles. The fraction of sp³-hybridized carbons (Fsp3) is 0.636. The fourth-order valence-electron chi connectivity index (χ4n) is 1.59. The van der Waals surface area contributed by atoms with Crippen molar-refractivity contribution >= 4 is 5.82 Å². The van der Waals surface area contributed by atoms with Crippen LogP contribution in [0.4, 0.5) is 5.82 Å². The Morgan fingerprint density at radius 2 is 2.06 bits per heavy atom. The molecule has 0 fully saturated rings. The summed E-state index contributed by atoms with van der Waals surface area (Å²) >= 11 is 0. The molecule has 0 atom stereocenters. The third kappa shape index (κ3) is 2.34. The topological polar surface area (TPSA) is 95.7 Å². The Morgan fingerprint density at radius 1 is 1.33 bits per heavy atom. The van der Waals surface area contributed by atoms with E-state index in [9.17, 15) is 0 Å². The molecule has 98 valence electrons. The SMILES string of the molecule is CCc1c(N)nnn1Cc1noc(C(C)(C)C)n1. The van der Waals surface area contributed by atoms with E-state index in [0.29, 0.717) is 24.1 Å². The highest BCUT2D eigenvalue weighted by Gasteiger charge is 2.22. The first kappa shape index (κ1) is 12.5. The Kier molecular flexibility index (Phi) is 3.06. The minimum absolute atomic E-state index is 0.153. The van der Waals surface area contributed by atoms with Gasteiger partial charge in [0.1, 0.15) is 6.54 Å². The molecule has 0 aliphatic carbocycles. The van der Waals surface area contributed by atoms with Crippen molar-refractivity contribution in [3.8, 4) is 0 Å².